The second kappa shape index (κ2) is 10.6. The van der Waals surface area contributed by atoms with Crippen LogP contribution in [-0.2, 0) is 14.8 Å². The van der Waals surface area contributed by atoms with Crippen LogP contribution >= 0.6 is 23.4 Å². The lowest BCUT2D eigenvalue weighted by Crippen LogP contribution is -2.16. The Morgan fingerprint density at radius 2 is 1.74 bits per heavy atom. The summed E-state index contributed by atoms with van der Waals surface area (Å²) in [6.07, 6.45) is 0.283. The van der Waals surface area contributed by atoms with E-state index in [2.05, 4.69) is 10.0 Å². The largest absolute Gasteiger partial charge is 0.495 e. The lowest BCUT2D eigenvalue weighted by atomic mass is 10.3. The van der Waals surface area contributed by atoms with E-state index < -0.39 is 10.0 Å². The lowest BCUT2D eigenvalue weighted by Gasteiger charge is -2.14. The summed E-state index contributed by atoms with van der Waals surface area (Å²) in [6, 6.07) is 20.8. The summed E-state index contributed by atoms with van der Waals surface area (Å²) in [5.41, 5.74) is 0.605. The number of amides is 1. The number of rotatable bonds is 9. The highest BCUT2D eigenvalue weighted by Crippen LogP contribution is 2.31. The first kappa shape index (κ1) is 23.0. The molecule has 6 nitrogen and oxygen atoms in total. The van der Waals surface area contributed by atoms with Gasteiger partial charge in [0.25, 0.3) is 10.0 Å². The summed E-state index contributed by atoms with van der Waals surface area (Å²) in [4.78, 5) is 13.3. The number of hydrogen-bond donors (Lipinski definition) is 2. The Kier molecular flexibility index (Phi) is 7.84. The van der Waals surface area contributed by atoms with Crippen LogP contribution in [0, 0.1) is 0 Å². The first-order valence-corrected chi connectivity index (χ1v) is 12.2. The zero-order chi connectivity index (χ0) is 22.3. The molecule has 0 unspecified atom stereocenters. The van der Waals surface area contributed by atoms with E-state index in [0.717, 1.165) is 4.90 Å². The van der Waals surface area contributed by atoms with Gasteiger partial charge in [0.1, 0.15) is 10.6 Å². The maximum absolute atomic E-state index is 12.9. The highest BCUT2D eigenvalue weighted by molar-refractivity contribution is 7.99. The van der Waals surface area contributed by atoms with Crippen molar-refractivity contribution in [2.75, 3.05) is 22.9 Å². The van der Waals surface area contributed by atoms with E-state index in [-0.39, 0.29) is 33.7 Å². The molecule has 0 aliphatic carbocycles. The molecule has 0 fully saturated rings. The number of ether oxygens (including phenoxy) is 1. The molecule has 3 aromatic rings. The number of thioether (sulfide) groups is 1. The molecule has 0 aliphatic rings. The minimum absolute atomic E-state index is 0.105. The van der Waals surface area contributed by atoms with Crippen molar-refractivity contribution in [1.82, 2.24) is 0 Å². The molecule has 0 bridgehead atoms. The third kappa shape index (κ3) is 6.40. The van der Waals surface area contributed by atoms with Crippen LogP contribution < -0.4 is 14.8 Å². The second-order valence-corrected chi connectivity index (χ2v) is 9.64. The lowest BCUT2D eigenvalue weighted by molar-refractivity contribution is -0.115. The molecule has 3 rings (SSSR count). The van der Waals surface area contributed by atoms with Crippen LogP contribution in [0.1, 0.15) is 6.42 Å². The Labute approximate surface area is 191 Å². The van der Waals surface area contributed by atoms with E-state index in [1.54, 1.807) is 42.1 Å². The van der Waals surface area contributed by atoms with Crippen LogP contribution in [0.5, 0.6) is 5.75 Å². The van der Waals surface area contributed by atoms with Gasteiger partial charge in [-0.3, -0.25) is 9.52 Å². The number of nitrogens with one attached hydrogen (secondary N) is 2. The van der Waals surface area contributed by atoms with Gasteiger partial charge in [0.2, 0.25) is 5.91 Å². The SMILES string of the molecule is COc1ccc(NC(=O)CCSc2ccccc2)cc1S(=O)(=O)Nc1ccccc1Cl. The predicted octanol–water partition coefficient (Wildman–Crippen LogP) is 5.27. The van der Waals surface area contributed by atoms with Crippen LogP contribution in [0.3, 0.4) is 0 Å². The minimum Gasteiger partial charge on any atom is -0.495 e. The van der Waals surface area contributed by atoms with Gasteiger partial charge in [-0.2, -0.15) is 0 Å². The topological polar surface area (TPSA) is 84.5 Å². The van der Waals surface area contributed by atoms with Gasteiger partial charge in [-0.25, -0.2) is 8.42 Å². The average molecular weight is 477 g/mol. The van der Waals surface area contributed by atoms with Crippen molar-refractivity contribution < 1.29 is 17.9 Å². The number of carbonyl (C=O) groups excluding carboxylic acids is 1. The molecule has 3 aromatic carbocycles. The van der Waals surface area contributed by atoms with Crippen LogP contribution in [0.25, 0.3) is 0 Å². The molecule has 0 spiro atoms. The number of benzene rings is 3. The van der Waals surface area contributed by atoms with Crippen LogP contribution in [0.15, 0.2) is 82.6 Å². The predicted molar refractivity (Wildman–Crippen MR) is 126 cm³/mol. The third-order valence-corrected chi connectivity index (χ3v) is 6.93. The van der Waals surface area contributed by atoms with Gasteiger partial charge in [-0.15, -0.1) is 11.8 Å². The van der Waals surface area contributed by atoms with E-state index >= 15 is 0 Å². The van der Waals surface area contributed by atoms with Gasteiger partial charge in [-0.1, -0.05) is 41.9 Å². The maximum atomic E-state index is 12.9. The number of halogens is 1. The van der Waals surface area contributed by atoms with Crippen molar-refractivity contribution in [1.29, 1.82) is 0 Å². The number of sulfonamides is 1. The zero-order valence-corrected chi connectivity index (χ0v) is 19.1. The fourth-order valence-corrected chi connectivity index (χ4v) is 5.10. The molecule has 9 heteroatoms. The first-order chi connectivity index (χ1) is 14.9. The summed E-state index contributed by atoms with van der Waals surface area (Å²) in [7, 11) is -2.63. The van der Waals surface area contributed by atoms with Crippen LogP contribution in [0.2, 0.25) is 5.02 Å². The molecule has 31 heavy (non-hydrogen) atoms. The van der Waals surface area contributed by atoms with Gasteiger partial charge in [0.05, 0.1) is 17.8 Å². The summed E-state index contributed by atoms with van der Waals surface area (Å²) in [6.45, 7) is 0. The van der Waals surface area contributed by atoms with E-state index in [1.165, 1.54) is 19.2 Å². The highest BCUT2D eigenvalue weighted by Gasteiger charge is 2.21. The van der Waals surface area contributed by atoms with Crippen molar-refractivity contribution in [3.63, 3.8) is 0 Å². The first-order valence-electron chi connectivity index (χ1n) is 9.32. The standard InChI is InChI=1S/C22H21ClN2O4S2/c1-29-20-12-11-16(24-22(26)13-14-30-17-7-3-2-4-8-17)15-21(20)31(27,28)25-19-10-6-5-9-18(19)23/h2-12,15,25H,13-14H2,1H3,(H,24,26). The number of carbonyl (C=O) groups is 1. The fraction of sp³-hybridized carbons (Fsp3) is 0.136. The summed E-state index contributed by atoms with van der Waals surface area (Å²) in [5.74, 6) is 0.541. The fourth-order valence-electron chi connectivity index (χ4n) is 2.71. The van der Waals surface area contributed by atoms with Crippen LogP contribution in [-0.4, -0.2) is 27.2 Å². The van der Waals surface area contributed by atoms with Crippen molar-refractivity contribution in [3.8, 4) is 5.75 Å². The normalized spacial score (nSPS) is 11.0. The minimum atomic E-state index is -4.00. The highest BCUT2D eigenvalue weighted by atomic mass is 35.5. The summed E-state index contributed by atoms with van der Waals surface area (Å²) in [5, 5.41) is 3.01. The molecule has 0 radical (unpaired) electrons. The molecule has 2 N–H and O–H groups in total. The molecular weight excluding hydrogens is 456 g/mol. The van der Waals surface area contributed by atoms with Gasteiger partial charge in [0, 0.05) is 22.8 Å². The molecule has 0 aromatic heterocycles. The number of para-hydroxylation sites is 1. The Morgan fingerprint density at radius 3 is 2.45 bits per heavy atom. The molecule has 162 valence electrons. The molecule has 0 atom stereocenters. The van der Waals surface area contributed by atoms with E-state index in [0.29, 0.717) is 11.4 Å². The van der Waals surface area contributed by atoms with E-state index in [1.807, 2.05) is 30.3 Å². The summed E-state index contributed by atoms with van der Waals surface area (Å²) >= 11 is 7.64. The number of anilines is 2. The Bertz CT molecular complexity index is 1160. The Morgan fingerprint density at radius 1 is 1.03 bits per heavy atom. The maximum Gasteiger partial charge on any atom is 0.265 e. The monoisotopic (exact) mass is 476 g/mol. The van der Waals surface area contributed by atoms with E-state index in [9.17, 15) is 13.2 Å². The Balaban J connectivity index is 1.71. The summed E-state index contributed by atoms with van der Waals surface area (Å²) < 4.78 is 33.5. The zero-order valence-electron chi connectivity index (χ0n) is 16.7. The molecule has 0 heterocycles. The van der Waals surface area contributed by atoms with Crippen molar-refractivity contribution in [2.45, 2.75) is 16.2 Å². The Hall–Kier alpha value is -2.68. The van der Waals surface area contributed by atoms with Gasteiger partial charge < -0.3 is 10.1 Å². The van der Waals surface area contributed by atoms with Crippen molar-refractivity contribution in [3.05, 3.63) is 77.8 Å². The molecule has 0 aliphatic heterocycles. The quantitative estimate of drug-likeness (QED) is 0.411. The van der Waals surface area contributed by atoms with Gasteiger partial charge in [-0.05, 0) is 42.5 Å². The third-order valence-electron chi connectivity index (χ3n) is 4.20. The van der Waals surface area contributed by atoms with Crippen LogP contribution in [0.4, 0.5) is 11.4 Å². The van der Waals surface area contributed by atoms with E-state index in [4.69, 9.17) is 16.3 Å². The van der Waals surface area contributed by atoms with Crippen molar-refractivity contribution in [2.24, 2.45) is 0 Å². The number of hydrogen-bond acceptors (Lipinski definition) is 5. The van der Waals surface area contributed by atoms with Gasteiger partial charge >= 0.3 is 0 Å². The molecular formula is C22H21ClN2O4S2. The molecule has 0 saturated heterocycles. The second-order valence-electron chi connectivity index (χ2n) is 6.41. The number of methoxy groups -OCH3 is 1. The molecule has 1 amide bonds. The average Bonchev–Trinajstić information content (AvgIpc) is 2.76. The molecule has 0 saturated carbocycles. The van der Waals surface area contributed by atoms with Crippen molar-refractivity contribution >= 4 is 50.7 Å². The van der Waals surface area contributed by atoms with Gasteiger partial charge in [0.15, 0.2) is 0 Å². The smallest absolute Gasteiger partial charge is 0.265 e.